The Morgan fingerprint density at radius 3 is 2.53 bits per heavy atom. The van der Waals surface area contributed by atoms with Crippen molar-refractivity contribution in [1.82, 2.24) is 9.97 Å². The fourth-order valence-electron chi connectivity index (χ4n) is 2.42. The molecule has 0 atom stereocenters. The minimum Gasteiger partial charge on any atom is -0.356 e. The van der Waals surface area contributed by atoms with Gasteiger partial charge in [-0.15, -0.1) is 0 Å². The van der Waals surface area contributed by atoms with Crippen molar-refractivity contribution in [3.05, 3.63) is 22.2 Å². The van der Waals surface area contributed by atoms with Crippen LogP contribution in [0.3, 0.4) is 0 Å². The largest absolute Gasteiger partial charge is 0.356 e. The highest BCUT2D eigenvalue weighted by Crippen LogP contribution is 2.23. The first-order valence-electron chi connectivity index (χ1n) is 6.83. The summed E-state index contributed by atoms with van der Waals surface area (Å²) >= 11 is 0. The number of Topliss-reactive ketones (excluding diaryl/α,β-unsaturated/α-hetero) is 1. The van der Waals surface area contributed by atoms with Crippen molar-refractivity contribution in [2.45, 2.75) is 51.5 Å². The van der Waals surface area contributed by atoms with E-state index in [9.17, 15) is 9.59 Å². The molecule has 0 saturated heterocycles. The lowest BCUT2D eigenvalue weighted by atomic mass is 9.93. The summed E-state index contributed by atoms with van der Waals surface area (Å²) in [6, 6.07) is 1.83. The Morgan fingerprint density at radius 1 is 1.32 bits per heavy atom. The van der Waals surface area contributed by atoms with Crippen LogP contribution in [0.2, 0.25) is 0 Å². The van der Waals surface area contributed by atoms with Crippen LogP contribution in [0.5, 0.6) is 0 Å². The number of aromatic nitrogens is 2. The number of carbonyl (C=O) groups excluding carboxylic acids is 1. The fraction of sp³-hybridized carbons (Fsp3) is 0.643. The van der Waals surface area contributed by atoms with Crippen molar-refractivity contribution in [2.24, 2.45) is 0 Å². The molecule has 0 amide bonds. The zero-order valence-corrected chi connectivity index (χ0v) is 11.8. The number of H-pyrrole nitrogens is 1. The van der Waals surface area contributed by atoms with Crippen molar-refractivity contribution >= 4 is 11.6 Å². The normalized spacial score (nSPS) is 16.9. The summed E-state index contributed by atoms with van der Waals surface area (Å²) in [5, 5.41) is 0. The van der Waals surface area contributed by atoms with Crippen LogP contribution in [0.25, 0.3) is 0 Å². The minimum absolute atomic E-state index is 0.118. The molecule has 1 N–H and O–H groups in total. The first-order chi connectivity index (χ1) is 8.97. The number of rotatable bonds is 3. The van der Waals surface area contributed by atoms with Crippen molar-refractivity contribution in [3.63, 3.8) is 0 Å². The zero-order valence-electron chi connectivity index (χ0n) is 11.8. The number of anilines is 1. The maximum Gasteiger partial charge on any atom is 0.252 e. The number of nitrogens with zero attached hydrogens (tertiary/aromatic N) is 2. The Morgan fingerprint density at radius 2 is 1.95 bits per heavy atom. The minimum atomic E-state index is -0.118. The zero-order chi connectivity index (χ0) is 14.0. The van der Waals surface area contributed by atoms with Crippen LogP contribution in [0, 0.1) is 0 Å². The number of hydrogen-bond donors (Lipinski definition) is 1. The average Bonchev–Trinajstić information content (AvgIpc) is 2.38. The Hall–Kier alpha value is -1.65. The average molecular weight is 263 g/mol. The molecule has 2 rings (SSSR count). The molecule has 1 aliphatic carbocycles. The van der Waals surface area contributed by atoms with E-state index in [-0.39, 0.29) is 11.5 Å². The van der Waals surface area contributed by atoms with Gasteiger partial charge < -0.3 is 9.88 Å². The van der Waals surface area contributed by atoms with Crippen LogP contribution in [-0.2, 0) is 4.79 Å². The van der Waals surface area contributed by atoms with Gasteiger partial charge >= 0.3 is 0 Å². The highest BCUT2D eigenvalue weighted by atomic mass is 16.1. The molecule has 1 aliphatic rings. The van der Waals surface area contributed by atoms with Gasteiger partial charge in [0.15, 0.2) is 0 Å². The molecule has 1 aromatic heterocycles. The van der Waals surface area contributed by atoms with Crippen LogP contribution in [0.4, 0.5) is 5.82 Å². The van der Waals surface area contributed by atoms with Gasteiger partial charge in [0.25, 0.3) is 5.56 Å². The van der Waals surface area contributed by atoms with Crippen LogP contribution < -0.4 is 10.5 Å². The number of carbonyl (C=O) groups is 1. The Bertz CT molecular complexity index is 512. The van der Waals surface area contributed by atoms with Crippen LogP contribution in [0.1, 0.15) is 51.3 Å². The van der Waals surface area contributed by atoms with Gasteiger partial charge in [0.2, 0.25) is 0 Å². The lowest BCUT2D eigenvalue weighted by Crippen LogP contribution is -2.36. The predicted molar refractivity (Wildman–Crippen MR) is 74.6 cm³/mol. The second-order valence-corrected chi connectivity index (χ2v) is 5.52. The van der Waals surface area contributed by atoms with Crippen molar-refractivity contribution in [2.75, 3.05) is 11.9 Å². The third-order valence-electron chi connectivity index (χ3n) is 3.72. The number of hydrogen-bond acceptors (Lipinski definition) is 4. The van der Waals surface area contributed by atoms with Crippen molar-refractivity contribution < 1.29 is 4.79 Å². The van der Waals surface area contributed by atoms with Gasteiger partial charge in [0.05, 0.1) is 0 Å². The van der Waals surface area contributed by atoms with E-state index in [1.807, 2.05) is 25.8 Å². The molecule has 5 heteroatoms. The topological polar surface area (TPSA) is 66.1 Å². The van der Waals surface area contributed by atoms with E-state index in [0.29, 0.717) is 36.3 Å². The first kappa shape index (κ1) is 13.8. The van der Waals surface area contributed by atoms with Crippen LogP contribution in [-0.4, -0.2) is 28.8 Å². The van der Waals surface area contributed by atoms with Gasteiger partial charge in [-0.2, -0.15) is 0 Å². The van der Waals surface area contributed by atoms with Gasteiger partial charge in [-0.05, 0) is 12.8 Å². The van der Waals surface area contributed by atoms with Gasteiger partial charge in [-0.3, -0.25) is 9.59 Å². The Labute approximate surface area is 113 Å². The molecule has 5 nitrogen and oxygen atoms in total. The Kier molecular flexibility index (Phi) is 4.02. The molecule has 1 saturated carbocycles. The summed E-state index contributed by atoms with van der Waals surface area (Å²) in [4.78, 5) is 32.3. The predicted octanol–water partition coefficient (Wildman–Crippen LogP) is 1.84. The molecule has 0 unspecified atom stereocenters. The molecule has 0 aliphatic heterocycles. The third kappa shape index (κ3) is 3.22. The number of ketones is 1. The van der Waals surface area contributed by atoms with E-state index in [0.717, 1.165) is 12.8 Å². The van der Waals surface area contributed by atoms with E-state index < -0.39 is 0 Å². The molecule has 0 spiro atoms. The molecule has 19 heavy (non-hydrogen) atoms. The van der Waals surface area contributed by atoms with Gasteiger partial charge in [0, 0.05) is 37.9 Å². The monoisotopic (exact) mass is 263 g/mol. The molecule has 0 bridgehead atoms. The van der Waals surface area contributed by atoms with Crippen LogP contribution in [0.15, 0.2) is 10.9 Å². The maximum absolute atomic E-state index is 11.7. The van der Waals surface area contributed by atoms with E-state index >= 15 is 0 Å². The highest BCUT2D eigenvalue weighted by Gasteiger charge is 2.23. The fourth-order valence-corrected chi connectivity index (χ4v) is 2.42. The summed E-state index contributed by atoms with van der Waals surface area (Å²) in [6.45, 7) is 4.00. The van der Waals surface area contributed by atoms with Gasteiger partial charge in [-0.25, -0.2) is 4.98 Å². The molecule has 1 fully saturated rings. The van der Waals surface area contributed by atoms with Crippen LogP contribution >= 0.6 is 0 Å². The lowest BCUT2D eigenvalue weighted by molar-refractivity contribution is -0.120. The van der Waals surface area contributed by atoms with Crippen molar-refractivity contribution in [1.29, 1.82) is 0 Å². The summed E-state index contributed by atoms with van der Waals surface area (Å²) < 4.78 is 0. The molecular formula is C14H21N3O2. The molecule has 104 valence electrons. The van der Waals surface area contributed by atoms with E-state index in [2.05, 4.69) is 9.97 Å². The maximum atomic E-state index is 11.7. The summed E-state index contributed by atoms with van der Waals surface area (Å²) in [5.41, 5.74) is -0.118. The summed E-state index contributed by atoms with van der Waals surface area (Å²) in [5.74, 6) is 1.94. The summed E-state index contributed by atoms with van der Waals surface area (Å²) in [6.07, 6.45) is 2.96. The second-order valence-electron chi connectivity index (χ2n) is 5.52. The van der Waals surface area contributed by atoms with Crippen molar-refractivity contribution in [3.8, 4) is 0 Å². The van der Waals surface area contributed by atoms with E-state index in [4.69, 9.17) is 0 Å². The summed E-state index contributed by atoms with van der Waals surface area (Å²) in [7, 11) is 1.95. The highest BCUT2D eigenvalue weighted by molar-refractivity contribution is 5.79. The first-order valence-corrected chi connectivity index (χ1v) is 6.83. The third-order valence-corrected chi connectivity index (χ3v) is 3.72. The number of aromatic amines is 1. The standard InChI is InChI=1S/C14H21N3O2/c1-9(2)14-15-12(8-13(19)16-14)17(3)10-4-6-11(18)7-5-10/h8-10H,4-7H2,1-3H3,(H,15,16,19). The molecule has 0 aromatic carbocycles. The SMILES string of the molecule is CC(C)c1nc(N(C)C2CCC(=O)CC2)cc(=O)[nH]1. The lowest BCUT2D eigenvalue weighted by Gasteiger charge is -2.31. The van der Waals surface area contributed by atoms with Gasteiger partial charge in [-0.1, -0.05) is 13.8 Å². The molecule has 1 aromatic rings. The quantitative estimate of drug-likeness (QED) is 0.903. The van der Waals surface area contributed by atoms with E-state index in [1.165, 1.54) is 6.07 Å². The smallest absolute Gasteiger partial charge is 0.252 e. The van der Waals surface area contributed by atoms with Gasteiger partial charge in [0.1, 0.15) is 17.4 Å². The van der Waals surface area contributed by atoms with E-state index in [1.54, 1.807) is 0 Å². The second kappa shape index (κ2) is 5.55. The molecule has 0 radical (unpaired) electrons. The Balaban J connectivity index is 2.21. The molecule has 1 heterocycles. The number of nitrogens with one attached hydrogen (secondary N) is 1. The molecular weight excluding hydrogens is 242 g/mol.